The van der Waals surface area contributed by atoms with Crippen LogP contribution >= 0.6 is 11.8 Å². The molecule has 4 rings (SSSR count). The van der Waals surface area contributed by atoms with Gasteiger partial charge in [0.1, 0.15) is 16.8 Å². The average molecular weight is 503 g/mol. The molecule has 0 radical (unpaired) electrons. The van der Waals surface area contributed by atoms with Gasteiger partial charge in [-0.25, -0.2) is 0 Å². The minimum Gasteiger partial charge on any atom is -0.497 e. The Bertz CT molecular complexity index is 1270. The maximum Gasteiger partial charge on any atom is 0.243 e. The van der Waals surface area contributed by atoms with Gasteiger partial charge in [-0.3, -0.25) is 14.5 Å². The summed E-state index contributed by atoms with van der Waals surface area (Å²) in [6.45, 7) is 2.14. The van der Waals surface area contributed by atoms with Crippen molar-refractivity contribution < 1.29 is 18.7 Å². The first-order chi connectivity index (χ1) is 17.5. The number of ether oxygens (including phenoxy) is 1. The molecule has 0 saturated carbocycles. The summed E-state index contributed by atoms with van der Waals surface area (Å²) in [5.74, 6) is 0.824. The number of rotatable bonds is 9. The van der Waals surface area contributed by atoms with E-state index >= 15 is 0 Å². The Hall–Kier alpha value is -4.11. The third-order valence-electron chi connectivity index (χ3n) is 5.26. The molecule has 0 bridgehead atoms. The molecule has 0 unspecified atom stereocenters. The fraction of sp³-hybridized carbons (Fsp3) is 0.185. The number of nitrogens with zero attached hydrogens (tertiary/aromatic N) is 3. The van der Waals surface area contributed by atoms with Crippen LogP contribution in [0.4, 0.5) is 5.69 Å². The number of benzene rings is 2. The summed E-state index contributed by atoms with van der Waals surface area (Å²) in [5, 5.41) is 11.1. The molecule has 0 aliphatic carbocycles. The van der Waals surface area contributed by atoms with Gasteiger partial charge in [0, 0.05) is 12.1 Å². The van der Waals surface area contributed by atoms with Gasteiger partial charge in [0.05, 0.1) is 26.1 Å². The van der Waals surface area contributed by atoms with Crippen molar-refractivity contribution >= 4 is 46.7 Å². The lowest BCUT2D eigenvalue weighted by Crippen LogP contribution is -2.33. The quantitative estimate of drug-likeness (QED) is 0.320. The van der Waals surface area contributed by atoms with E-state index < -0.39 is 5.25 Å². The second-order valence-electron chi connectivity index (χ2n) is 8.02. The largest absolute Gasteiger partial charge is 0.497 e. The average Bonchev–Trinajstić information content (AvgIpc) is 3.49. The zero-order chi connectivity index (χ0) is 25.3. The first-order valence-corrected chi connectivity index (χ1v) is 12.2. The zero-order valence-electron chi connectivity index (χ0n) is 20.0. The Kier molecular flexibility index (Phi) is 8.36. The van der Waals surface area contributed by atoms with E-state index in [1.807, 2.05) is 43.3 Å². The van der Waals surface area contributed by atoms with Crippen LogP contribution in [0, 0.1) is 0 Å². The van der Waals surface area contributed by atoms with E-state index in [0.717, 1.165) is 11.1 Å². The van der Waals surface area contributed by atoms with Gasteiger partial charge in [-0.15, -0.1) is 5.10 Å². The Morgan fingerprint density at radius 2 is 1.92 bits per heavy atom. The zero-order valence-corrected chi connectivity index (χ0v) is 20.8. The maximum atomic E-state index is 13.2. The van der Waals surface area contributed by atoms with E-state index in [0.29, 0.717) is 22.4 Å². The standard InChI is InChI=1S/C27H26N4O4S/c1-19(15-20-7-4-3-5-8-20)17-28-30-27-31(18-23-9-6-14-35-23)26(33)24(36-27)16-25(32)29-21-10-12-22(34-2)13-11-21/h3-15,17,24H,16,18H2,1-2H3,(H,29,32)/b19-15+,28-17-,30-27-/t24-/m0/s1. The second-order valence-corrected chi connectivity index (χ2v) is 9.19. The molecule has 1 atom stereocenters. The van der Waals surface area contributed by atoms with Crippen LogP contribution < -0.4 is 10.1 Å². The van der Waals surface area contributed by atoms with Gasteiger partial charge in [0.2, 0.25) is 11.8 Å². The van der Waals surface area contributed by atoms with Crippen LogP contribution in [0.1, 0.15) is 24.7 Å². The number of furan rings is 1. The van der Waals surface area contributed by atoms with Crippen LogP contribution in [-0.2, 0) is 16.1 Å². The van der Waals surface area contributed by atoms with E-state index in [9.17, 15) is 9.59 Å². The van der Waals surface area contributed by atoms with Crippen molar-refractivity contribution in [3.05, 3.63) is 89.9 Å². The van der Waals surface area contributed by atoms with Crippen LogP contribution in [0.25, 0.3) is 6.08 Å². The van der Waals surface area contributed by atoms with Crippen molar-refractivity contribution in [2.24, 2.45) is 10.2 Å². The molecular weight excluding hydrogens is 476 g/mol. The molecule has 2 aromatic carbocycles. The first kappa shape index (κ1) is 25.0. The lowest BCUT2D eigenvalue weighted by molar-refractivity contribution is -0.128. The number of carbonyl (C=O) groups excluding carboxylic acids is 2. The van der Waals surface area contributed by atoms with E-state index in [1.54, 1.807) is 56.0 Å². The number of anilines is 1. The highest BCUT2D eigenvalue weighted by Crippen LogP contribution is 2.31. The summed E-state index contributed by atoms with van der Waals surface area (Å²) in [6, 6.07) is 20.5. The van der Waals surface area contributed by atoms with Crippen molar-refractivity contribution in [3.8, 4) is 5.75 Å². The van der Waals surface area contributed by atoms with E-state index in [4.69, 9.17) is 9.15 Å². The van der Waals surface area contributed by atoms with E-state index in [-0.39, 0.29) is 24.8 Å². The highest BCUT2D eigenvalue weighted by molar-refractivity contribution is 8.15. The van der Waals surface area contributed by atoms with Gasteiger partial charge in [-0.2, -0.15) is 5.10 Å². The summed E-state index contributed by atoms with van der Waals surface area (Å²) in [5.41, 5.74) is 2.60. The molecule has 1 aliphatic rings. The summed E-state index contributed by atoms with van der Waals surface area (Å²) in [4.78, 5) is 27.3. The van der Waals surface area contributed by atoms with Crippen molar-refractivity contribution in [1.82, 2.24) is 4.90 Å². The molecular formula is C27H26N4O4S. The van der Waals surface area contributed by atoms with Crippen LogP contribution in [-0.4, -0.2) is 40.5 Å². The van der Waals surface area contributed by atoms with Crippen LogP contribution in [0.2, 0.25) is 0 Å². The van der Waals surface area contributed by atoms with Gasteiger partial charge < -0.3 is 14.5 Å². The number of carbonyl (C=O) groups is 2. The second kappa shape index (κ2) is 12.0. The van der Waals surface area contributed by atoms with Crippen LogP contribution in [0.5, 0.6) is 5.75 Å². The molecule has 2 heterocycles. The summed E-state index contributed by atoms with van der Waals surface area (Å²) < 4.78 is 10.6. The maximum absolute atomic E-state index is 13.2. The predicted octanol–water partition coefficient (Wildman–Crippen LogP) is 5.21. The normalized spacial score (nSPS) is 17.2. The SMILES string of the molecule is COc1ccc(NC(=O)C[C@@H]2S\C(=N/N=C\C(C)=C\c3ccccc3)N(Cc3ccco3)C2=O)cc1. The molecule has 0 spiro atoms. The molecule has 36 heavy (non-hydrogen) atoms. The number of hydrogen-bond acceptors (Lipinski definition) is 7. The van der Waals surface area contributed by atoms with Crippen molar-refractivity contribution in [1.29, 1.82) is 0 Å². The molecule has 2 amide bonds. The molecule has 184 valence electrons. The van der Waals surface area contributed by atoms with Gasteiger partial charge >= 0.3 is 0 Å². The smallest absolute Gasteiger partial charge is 0.243 e. The summed E-state index contributed by atoms with van der Waals surface area (Å²) >= 11 is 1.22. The van der Waals surface area contributed by atoms with Gasteiger partial charge in [0.15, 0.2) is 5.17 Å². The Balaban J connectivity index is 1.46. The minimum absolute atomic E-state index is 0.000143. The first-order valence-electron chi connectivity index (χ1n) is 11.3. The molecule has 1 aromatic heterocycles. The van der Waals surface area contributed by atoms with Crippen molar-refractivity contribution in [2.45, 2.75) is 25.1 Å². The van der Waals surface area contributed by atoms with E-state index in [1.165, 1.54) is 16.7 Å². The predicted molar refractivity (Wildman–Crippen MR) is 143 cm³/mol. The lowest BCUT2D eigenvalue weighted by atomic mass is 10.1. The molecule has 1 aliphatic heterocycles. The number of nitrogens with one attached hydrogen (secondary N) is 1. The molecule has 1 saturated heterocycles. The number of amides is 2. The molecule has 8 nitrogen and oxygen atoms in total. The number of amidine groups is 1. The van der Waals surface area contributed by atoms with Gasteiger partial charge in [-0.1, -0.05) is 48.2 Å². The fourth-order valence-electron chi connectivity index (χ4n) is 3.49. The highest BCUT2D eigenvalue weighted by atomic mass is 32.2. The third-order valence-corrected chi connectivity index (χ3v) is 6.42. The number of thioether (sulfide) groups is 1. The third kappa shape index (κ3) is 6.73. The number of methoxy groups -OCH3 is 1. The van der Waals surface area contributed by atoms with Gasteiger partial charge in [-0.05, 0) is 54.5 Å². The van der Waals surface area contributed by atoms with E-state index in [2.05, 4.69) is 15.5 Å². The van der Waals surface area contributed by atoms with Crippen molar-refractivity contribution in [3.63, 3.8) is 0 Å². The fourth-order valence-corrected chi connectivity index (χ4v) is 4.59. The molecule has 1 fully saturated rings. The lowest BCUT2D eigenvalue weighted by Gasteiger charge is -2.14. The molecule has 9 heteroatoms. The monoisotopic (exact) mass is 502 g/mol. The van der Waals surface area contributed by atoms with Crippen LogP contribution in [0.15, 0.2) is 93.2 Å². The van der Waals surface area contributed by atoms with Crippen molar-refractivity contribution in [2.75, 3.05) is 12.4 Å². The van der Waals surface area contributed by atoms with Crippen LogP contribution in [0.3, 0.4) is 0 Å². The Morgan fingerprint density at radius 3 is 2.61 bits per heavy atom. The topological polar surface area (TPSA) is 96.5 Å². The molecule has 1 N–H and O–H groups in total. The summed E-state index contributed by atoms with van der Waals surface area (Å²) in [7, 11) is 1.58. The van der Waals surface area contributed by atoms with Gasteiger partial charge in [0.25, 0.3) is 0 Å². The minimum atomic E-state index is -0.617. The highest BCUT2D eigenvalue weighted by Gasteiger charge is 2.39. The Morgan fingerprint density at radius 1 is 1.14 bits per heavy atom. The number of allylic oxidation sites excluding steroid dienone is 1. The number of hydrogen-bond donors (Lipinski definition) is 1. The Labute approximate surface area is 213 Å². The molecule has 3 aromatic rings. The summed E-state index contributed by atoms with van der Waals surface area (Å²) in [6.07, 6.45) is 5.18.